The van der Waals surface area contributed by atoms with Crippen LogP contribution in [0.2, 0.25) is 0 Å². The molecule has 1 rings (SSSR count). The molecule has 0 spiro atoms. The molecule has 1 atom stereocenters. The van der Waals surface area contributed by atoms with Crippen molar-refractivity contribution in [1.82, 2.24) is 4.90 Å². The van der Waals surface area contributed by atoms with Crippen LogP contribution in [0.25, 0.3) is 0 Å². The van der Waals surface area contributed by atoms with Crippen molar-refractivity contribution in [3.05, 3.63) is 29.8 Å². The third-order valence-corrected chi connectivity index (χ3v) is 3.82. The Kier molecular flexibility index (Phi) is 9.11. The third-order valence-electron chi connectivity index (χ3n) is 3.82. The van der Waals surface area contributed by atoms with Gasteiger partial charge in [-0.3, -0.25) is 4.90 Å². The number of ether oxygens (including phenoxy) is 1. The smallest absolute Gasteiger partial charge is 0.119 e. The minimum absolute atomic E-state index is 0.295. The number of hydrogen-bond acceptors (Lipinski definition) is 3. The first-order valence-corrected chi connectivity index (χ1v) is 8.43. The molecule has 2 N–H and O–H groups in total. The molecular weight excluding hydrogens is 260 g/mol. The van der Waals surface area contributed by atoms with E-state index in [2.05, 4.69) is 36.9 Å². The SMILES string of the molecule is CCCCN(CCCC)C(CN)c1cccc(OCC)c1. The van der Waals surface area contributed by atoms with Gasteiger partial charge in [0.15, 0.2) is 0 Å². The largest absolute Gasteiger partial charge is 0.494 e. The lowest BCUT2D eigenvalue weighted by Gasteiger charge is -2.31. The summed E-state index contributed by atoms with van der Waals surface area (Å²) in [5.41, 5.74) is 7.36. The summed E-state index contributed by atoms with van der Waals surface area (Å²) in [4.78, 5) is 2.54. The Bertz CT molecular complexity index is 373. The summed E-state index contributed by atoms with van der Waals surface area (Å²) in [5.74, 6) is 0.944. The van der Waals surface area contributed by atoms with Crippen LogP contribution in [0, 0.1) is 0 Å². The summed E-state index contributed by atoms with van der Waals surface area (Å²) in [6.07, 6.45) is 4.90. The van der Waals surface area contributed by atoms with Crippen LogP contribution in [-0.2, 0) is 0 Å². The van der Waals surface area contributed by atoms with Crippen molar-refractivity contribution < 1.29 is 4.74 Å². The number of unbranched alkanes of at least 4 members (excludes halogenated alkanes) is 2. The molecule has 0 aliphatic heterocycles. The summed E-state index contributed by atoms with van der Waals surface area (Å²) in [7, 11) is 0. The molecule has 0 saturated carbocycles. The highest BCUT2D eigenvalue weighted by molar-refractivity contribution is 5.31. The Morgan fingerprint density at radius 3 is 2.29 bits per heavy atom. The van der Waals surface area contributed by atoms with Gasteiger partial charge >= 0.3 is 0 Å². The second-order valence-corrected chi connectivity index (χ2v) is 5.50. The van der Waals surface area contributed by atoms with Gasteiger partial charge in [-0.1, -0.05) is 38.8 Å². The molecule has 0 aliphatic carbocycles. The van der Waals surface area contributed by atoms with Gasteiger partial charge in [-0.2, -0.15) is 0 Å². The molecule has 1 aromatic rings. The van der Waals surface area contributed by atoms with Crippen LogP contribution in [0.5, 0.6) is 5.75 Å². The first-order chi connectivity index (χ1) is 10.3. The predicted molar refractivity (Wildman–Crippen MR) is 90.8 cm³/mol. The van der Waals surface area contributed by atoms with Gasteiger partial charge in [0.1, 0.15) is 5.75 Å². The molecule has 0 aromatic heterocycles. The average molecular weight is 292 g/mol. The average Bonchev–Trinajstić information content (AvgIpc) is 2.51. The van der Waals surface area contributed by atoms with Crippen molar-refractivity contribution in [2.75, 3.05) is 26.2 Å². The molecule has 0 amide bonds. The minimum Gasteiger partial charge on any atom is -0.494 e. The summed E-state index contributed by atoms with van der Waals surface area (Å²) >= 11 is 0. The zero-order chi connectivity index (χ0) is 15.5. The van der Waals surface area contributed by atoms with E-state index in [4.69, 9.17) is 10.5 Å². The fourth-order valence-corrected chi connectivity index (χ4v) is 2.62. The number of benzene rings is 1. The molecule has 120 valence electrons. The van der Waals surface area contributed by atoms with E-state index in [-0.39, 0.29) is 0 Å². The Balaban J connectivity index is 2.86. The quantitative estimate of drug-likeness (QED) is 0.670. The van der Waals surface area contributed by atoms with Crippen LogP contribution in [0.1, 0.15) is 58.1 Å². The summed E-state index contributed by atoms with van der Waals surface area (Å²) in [6.45, 7) is 10.1. The molecule has 3 heteroatoms. The number of rotatable bonds is 11. The predicted octanol–water partition coefficient (Wildman–Crippen LogP) is 3.99. The molecule has 0 radical (unpaired) electrons. The molecule has 1 aromatic carbocycles. The highest BCUT2D eigenvalue weighted by Gasteiger charge is 2.18. The zero-order valence-corrected chi connectivity index (χ0v) is 14.0. The number of nitrogens with two attached hydrogens (primary N) is 1. The Morgan fingerprint density at radius 2 is 1.76 bits per heavy atom. The molecule has 0 saturated heterocycles. The first-order valence-electron chi connectivity index (χ1n) is 8.43. The monoisotopic (exact) mass is 292 g/mol. The lowest BCUT2D eigenvalue weighted by atomic mass is 10.0. The van der Waals surface area contributed by atoms with Gasteiger partial charge < -0.3 is 10.5 Å². The van der Waals surface area contributed by atoms with Gasteiger partial charge in [0.25, 0.3) is 0 Å². The molecule has 1 unspecified atom stereocenters. The zero-order valence-electron chi connectivity index (χ0n) is 14.0. The van der Waals surface area contributed by atoms with E-state index in [1.165, 1.54) is 31.2 Å². The standard InChI is InChI=1S/C18H32N2O/c1-4-7-12-20(13-8-5-2)18(15-19)16-10-9-11-17(14-16)21-6-3/h9-11,14,18H,4-8,12-13,15,19H2,1-3H3. The fourth-order valence-electron chi connectivity index (χ4n) is 2.62. The van der Waals surface area contributed by atoms with E-state index in [9.17, 15) is 0 Å². The molecule has 3 nitrogen and oxygen atoms in total. The van der Waals surface area contributed by atoms with E-state index in [0.717, 1.165) is 18.8 Å². The molecular formula is C18H32N2O. The number of hydrogen-bond donors (Lipinski definition) is 1. The lowest BCUT2D eigenvalue weighted by molar-refractivity contribution is 0.195. The molecule has 0 aliphatic rings. The van der Waals surface area contributed by atoms with E-state index in [0.29, 0.717) is 19.2 Å². The highest BCUT2D eigenvalue weighted by atomic mass is 16.5. The molecule has 0 bridgehead atoms. The van der Waals surface area contributed by atoms with Crippen molar-refractivity contribution in [2.45, 2.75) is 52.5 Å². The van der Waals surface area contributed by atoms with Crippen LogP contribution < -0.4 is 10.5 Å². The highest BCUT2D eigenvalue weighted by Crippen LogP contribution is 2.24. The van der Waals surface area contributed by atoms with E-state index < -0.39 is 0 Å². The van der Waals surface area contributed by atoms with Crippen LogP contribution >= 0.6 is 0 Å². The van der Waals surface area contributed by atoms with Crippen LogP contribution in [0.3, 0.4) is 0 Å². The van der Waals surface area contributed by atoms with Gasteiger partial charge in [-0.05, 0) is 50.6 Å². The van der Waals surface area contributed by atoms with E-state index in [1.807, 2.05) is 13.0 Å². The van der Waals surface area contributed by atoms with E-state index in [1.54, 1.807) is 0 Å². The van der Waals surface area contributed by atoms with Crippen molar-refractivity contribution in [1.29, 1.82) is 0 Å². The van der Waals surface area contributed by atoms with Gasteiger partial charge in [0, 0.05) is 12.6 Å². The maximum Gasteiger partial charge on any atom is 0.119 e. The normalized spacial score (nSPS) is 12.6. The second kappa shape index (κ2) is 10.6. The van der Waals surface area contributed by atoms with Crippen LogP contribution in [-0.4, -0.2) is 31.1 Å². The Hall–Kier alpha value is -1.06. The maximum atomic E-state index is 6.09. The topological polar surface area (TPSA) is 38.5 Å². The Labute approximate surface area is 130 Å². The molecule has 0 heterocycles. The van der Waals surface area contributed by atoms with Gasteiger partial charge in [0.2, 0.25) is 0 Å². The third kappa shape index (κ3) is 6.06. The lowest BCUT2D eigenvalue weighted by Crippen LogP contribution is -2.35. The van der Waals surface area contributed by atoms with Crippen molar-refractivity contribution in [3.63, 3.8) is 0 Å². The van der Waals surface area contributed by atoms with Gasteiger partial charge in [-0.15, -0.1) is 0 Å². The maximum absolute atomic E-state index is 6.09. The molecule has 21 heavy (non-hydrogen) atoms. The van der Waals surface area contributed by atoms with Crippen molar-refractivity contribution in [2.24, 2.45) is 5.73 Å². The summed E-state index contributed by atoms with van der Waals surface area (Å²) < 4.78 is 5.62. The second-order valence-electron chi connectivity index (χ2n) is 5.50. The van der Waals surface area contributed by atoms with E-state index >= 15 is 0 Å². The van der Waals surface area contributed by atoms with Crippen molar-refractivity contribution >= 4 is 0 Å². The van der Waals surface area contributed by atoms with Crippen LogP contribution in [0.4, 0.5) is 0 Å². The minimum atomic E-state index is 0.295. The number of nitrogens with zero attached hydrogens (tertiary/aromatic N) is 1. The molecule has 0 fully saturated rings. The van der Waals surface area contributed by atoms with Crippen molar-refractivity contribution in [3.8, 4) is 5.75 Å². The summed E-state index contributed by atoms with van der Waals surface area (Å²) in [6, 6.07) is 8.70. The summed E-state index contributed by atoms with van der Waals surface area (Å²) in [5, 5.41) is 0. The van der Waals surface area contributed by atoms with Crippen LogP contribution in [0.15, 0.2) is 24.3 Å². The fraction of sp³-hybridized carbons (Fsp3) is 0.667. The Morgan fingerprint density at radius 1 is 1.10 bits per heavy atom. The van der Waals surface area contributed by atoms with Gasteiger partial charge in [-0.25, -0.2) is 0 Å². The van der Waals surface area contributed by atoms with Gasteiger partial charge in [0.05, 0.1) is 6.61 Å². The first kappa shape index (κ1) is 18.0.